The lowest BCUT2D eigenvalue weighted by molar-refractivity contribution is 0.0770. The first-order valence-electron chi connectivity index (χ1n) is 4.80. The maximum atomic E-state index is 5.81. The molecule has 2 rings (SSSR count). The molecular weight excluding hydrogens is 178 g/mol. The van der Waals surface area contributed by atoms with Crippen molar-refractivity contribution < 1.29 is 4.74 Å². The van der Waals surface area contributed by atoms with E-state index in [1.807, 2.05) is 6.92 Å². The van der Waals surface area contributed by atoms with Crippen LogP contribution in [0.1, 0.15) is 17.2 Å². The summed E-state index contributed by atoms with van der Waals surface area (Å²) in [6, 6.07) is 2.26. The summed E-state index contributed by atoms with van der Waals surface area (Å²) in [5.41, 5.74) is 7.99. The number of hydrogen-bond donors (Lipinski definition) is 2. The van der Waals surface area contributed by atoms with Gasteiger partial charge < -0.3 is 15.8 Å². The van der Waals surface area contributed by atoms with Crippen LogP contribution in [0, 0.1) is 6.92 Å². The molecular formula is C10H15N3O. The average Bonchev–Trinajstić information content (AvgIpc) is 2.23. The van der Waals surface area contributed by atoms with E-state index in [0.29, 0.717) is 12.4 Å². The number of aryl methyl sites for hydroxylation is 1. The fourth-order valence-corrected chi connectivity index (χ4v) is 1.65. The Bertz CT molecular complexity index is 321. The number of nitrogens with zero attached hydrogens (tertiary/aromatic N) is 1. The number of ether oxygens (including phenoxy) is 1. The Labute approximate surface area is 83.5 Å². The van der Waals surface area contributed by atoms with E-state index in [1.165, 1.54) is 0 Å². The second-order valence-corrected chi connectivity index (χ2v) is 3.57. The van der Waals surface area contributed by atoms with E-state index in [1.54, 1.807) is 6.20 Å². The lowest BCUT2D eigenvalue weighted by Gasteiger charge is -2.24. The van der Waals surface area contributed by atoms with Crippen LogP contribution in [-0.2, 0) is 4.74 Å². The second kappa shape index (κ2) is 3.94. The monoisotopic (exact) mass is 193 g/mol. The molecule has 1 aliphatic rings. The number of hydrogen-bond acceptors (Lipinski definition) is 4. The topological polar surface area (TPSA) is 60.2 Å². The Hall–Kier alpha value is -1.13. The van der Waals surface area contributed by atoms with E-state index in [4.69, 9.17) is 10.5 Å². The molecule has 4 heteroatoms. The third kappa shape index (κ3) is 1.86. The van der Waals surface area contributed by atoms with Gasteiger partial charge in [0.2, 0.25) is 0 Å². The van der Waals surface area contributed by atoms with Gasteiger partial charge in [0, 0.05) is 18.3 Å². The smallest absolute Gasteiger partial charge is 0.128 e. The lowest BCUT2D eigenvalue weighted by Crippen LogP contribution is -2.35. The molecule has 0 bridgehead atoms. The molecule has 0 spiro atoms. The summed E-state index contributed by atoms with van der Waals surface area (Å²) in [4.78, 5) is 4.14. The third-order valence-electron chi connectivity index (χ3n) is 2.38. The zero-order valence-electron chi connectivity index (χ0n) is 8.29. The third-order valence-corrected chi connectivity index (χ3v) is 2.38. The van der Waals surface area contributed by atoms with E-state index in [-0.39, 0.29) is 6.04 Å². The highest BCUT2D eigenvalue weighted by Gasteiger charge is 2.17. The molecule has 0 radical (unpaired) electrons. The van der Waals surface area contributed by atoms with Crippen LogP contribution in [0.25, 0.3) is 0 Å². The predicted octanol–water partition coefficient (Wildman–Crippen LogP) is 0.633. The SMILES string of the molecule is Cc1cnc(N)c([C@H]2COCCN2)c1. The van der Waals surface area contributed by atoms with Crippen molar-refractivity contribution in [2.75, 3.05) is 25.5 Å². The lowest BCUT2D eigenvalue weighted by atomic mass is 10.1. The Morgan fingerprint density at radius 3 is 3.21 bits per heavy atom. The van der Waals surface area contributed by atoms with Crippen molar-refractivity contribution in [1.82, 2.24) is 10.3 Å². The van der Waals surface area contributed by atoms with E-state index >= 15 is 0 Å². The quantitative estimate of drug-likeness (QED) is 0.687. The molecule has 1 aliphatic heterocycles. The molecule has 76 valence electrons. The van der Waals surface area contributed by atoms with Crippen molar-refractivity contribution in [2.24, 2.45) is 0 Å². The molecule has 4 nitrogen and oxygen atoms in total. The Morgan fingerprint density at radius 1 is 1.64 bits per heavy atom. The summed E-state index contributed by atoms with van der Waals surface area (Å²) in [6.45, 7) is 4.34. The van der Waals surface area contributed by atoms with Gasteiger partial charge in [-0.3, -0.25) is 0 Å². The highest BCUT2D eigenvalue weighted by atomic mass is 16.5. The van der Waals surface area contributed by atoms with Gasteiger partial charge in [-0.25, -0.2) is 4.98 Å². The largest absolute Gasteiger partial charge is 0.383 e. The first-order valence-corrected chi connectivity index (χ1v) is 4.80. The molecule has 0 aromatic carbocycles. The van der Waals surface area contributed by atoms with Gasteiger partial charge in [0.25, 0.3) is 0 Å². The molecule has 0 aliphatic carbocycles. The number of rotatable bonds is 1. The number of aromatic nitrogens is 1. The first kappa shape index (κ1) is 9.43. The summed E-state index contributed by atoms with van der Waals surface area (Å²) in [5.74, 6) is 0.596. The summed E-state index contributed by atoms with van der Waals surface area (Å²) < 4.78 is 5.39. The summed E-state index contributed by atoms with van der Waals surface area (Å²) in [7, 11) is 0. The minimum atomic E-state index is 0.191. The van der Waals surface area contributed by atoms with Gasteiger partial charge in [-0.15, -0.1) is 0 Å². The van der Waals surface area contributed by atoms with Gasteiger partial charge in [0.15, 0.2) is 0 Å². The normalized spacial score (nSPS) is 22.2. The summed E-state index contributed by atoms with van der Waals surface area (Å²) in [6.07, 6.45) is 1.78. The predicted molar refractivity (Wildman–Crippen MR) is 54.9 cm³/mol. The molecule has 0 saturated carbocycles. The van der Waals surface area contributed by atoms with E-state index in [2.05, 4.69) is 16.4 Å². The first-order chi connectivity index (χ1) is 6.77. The van der Waals surface area contributed by atoms with Gasteiger partial charge in [-0.05, 0) is 18.6 Å². The zero-order chi connectivity index (χ0) is 9.97. The van der Waals surface area contributed by atoms with Crippen LogP contribution in [0.4, 0.5) is 5.82 Å². The van der Waals surface area contributed by atoms with Gasteiger partial charge in [-0.2, -0.15) is 0 Å². The molecule has 1 atom stereocenters. The number of pyridine rings is 1. The number of nitrogen functional groups attached to an aromatic ring is 1. The fourth-order valence-electron chi connectivity index (χ4n) is 1.65. The molecule has 0 amide bonds. The molecule has 1 fully saturated rings. The van der Waals surface area contributed by atoms with Crippen LogP contribution < -0.4 is 11.1 Å². The molecule has 14 heavy (non-hydrogen) atoms. The Kier molecular flexibility index (Phi) is 2.65. The molecule has 2 heterocycles. The number of morpholine rings is 1. The molecule has 1 saturated heterocycles. The average molecular weight is 193 g/mol. The number of nitrogens with one attached hydrogen (secondary N) is 1. The van der Waals surface area contributed by atoms with E-state index in [9.17, 15) is 0 Å². The van der Waals surface area contributed by atoms with Gasteiger partial charge in [0.05, 0.1) is 19.3 Å². The molecule has 1 aromatic heterocycles. The van der Waals surface area contributed by atoms with E-state index < -0.39 is 0 Å². The summed E-state index contributed by atoms with van der Waals surface area (Å²) >= 11 is 0. The zero-order valence-corrected chi connectivity index (χ0v) is 8.29. The van der Waals surface area contributed by atoms with Crippen molar-refractivity contribution in [3.63, 3.8) is 0 Å². The van der Waals surface area contributed by atoms with Crippen LogP contribution >= 0.6 is 0 Å². The standard InChI is InChI=1S/C10H15N3O/c1-7-4-8(10(11)13-5-7)9-6-14-3-2-12-9/h4-5,9,12H,2-3,6H2,1H3,(H2,11,13)/t9-/m1/s1. The minimum absolute atomic E-state index is 0.191. The van der Waals surface area contributed by atoms with E-state index in [0.717, 1.165) is 24.3 Å². The van der Waals surface area contributed by atoms with Crippen molar-refractivity contribution in [2.45, 2.75) is 13.0 Å². The van der Waals surface area contributed by atoms with Crippen molar-refractivity contribution in [3.05, 3.63) is 23.4 Å². The van der Waals surface area contributed by atoms with Gasteiger partial charge in [0.1, 0.15) is 5.82 Å². The van der Waals surface area contributed by atoms with Crippen LogP contribution in [0.3, 0.4) is 0 Å². The van der Waals surface area contributed by atoms with Crippen LogP contribution in [0.15, 0.2) is 12.3 Å². The van der Waals surface area contributed by atoms with Crippen molar-refractivity contribution in [3.8, 4) is 0 Å². The van der Waals surface area contributed by atoms with Crippen LogP contribution in [0.5, 0.6) is 0 Å². The van der Waals surface area contributed by atoms with Crippen molar-refractivity contribution in [1.29, 1.82) is 0 Å². The highest BCUT2D eigenvalue weighted by Crippen LogP contribution is 2.21. The van der Waals surface area contributed by atoms with Crippen LogP contribution in [0.2, 0.25) is 0 Å². The van der Waals surface area contributed by atoms with Crippen molar-refractivity contribution >= 4 is 5.82 Å². The molecule has 3 N–H and O–H groups in total. The Balaban J connectivity index is 2.24. The number of nitrogens with two attached hydrogens (primary N) is 1. The minimum Gasteiger partial charge on any atom is -0.383 e. The summed E-state index contributed by atoms with van der Waals surface area (Å²) in [5, 5.41) is 3.36. The Morgan fingerprint density at radius 2 is 2.50 bits per heavy atom. The highest BCUT2D eigenvalue weighted by molar-refractivity contribution is 5.43. The van der Waals surface area contributed by atoms with Crippen LogP contribution in [-0.4, -0.2) is 24.7 Å². The molecule has 1 aromatic rings. The number of anilines is 1. The maximum absolute atomic E-state index is 5.81. The van der Waals surface area contributed by atoms with Gasteiger partial charge >= 0.3 is 0 Å². The van der Waals surface area contributed by atoms with Gasteiger partial charge in [-0.1, -0.05) is 0 Å². The second-order valence-electron chi connectivity index (χ2n) is 3.57. The maximum Gasteiger partial charge on any atom is 0.128 e. The molecule has 0 unspecified atom stereocenters. The fraction of sp³-hybridized carbons (Fsp3) is 0.500.